The van der Waals surface area contributed by atoms with E-state index in [1.54, 1.807) is 0 Å². The van der Waals surface area contributed by atoms with Gasteiger partial charge in [0.05, 0.1) is 17.8 Å². The zero-order valence-electron chi connectivity index (χ0n) is 19.3. The van der Waals surface area contributed by atoms with E-state index < -0.39 is 34.2 Å². The summed E-state index contributed by atoms with van der Waals surface area (Å²) in [7, 11) is -3.61. The van der Waals surface area contributed by atoms with Crippen LogP contribution in [0.2, 0.25) is 0 Å². The Balaban J connectivity index is 1.87. The van der Waals surface area contributed by atoms with Gasteiger partial charge in [-0.15, -0.1) is 0 Å². The molecule has 1 fully saturated rings. The van der Waals surface area contributed by atoms with Crippen molar-refractivity contribution in [1.82, 2.24) is 9.62 Å². The molecule has 8 heteroatoms. The van der Waals surface area contributed by atoms with E-state index in [9.17, 15) is 18.0 Å². The SMILES string of the molecule is CC(C)CS(=O)(=O)NC1CC(=O)CC1N(C(=O)OCc1ccccc1)[C@H](C)c1ccccc1. The Morgan fingerprint density at radius 3 is 2.24 bits per heavy atom. The zero-order valence-corrected chi connectivity index (χ0v) is 20.1. The van der Waals surface area contributed by atoms with E-state index in [-0.39, 0.29) is 36.9 Å². The van der Waals surface area contributed by atoms with Crippen molar-refractivity contribution in [1.29, 1.82) is 0 Å². The van der Waals surface area contributed by atoms with Gasteiger partial charge in [-0.25, -0.2) is 17.9 Å². The fourth-order valence-electron chi connectivity index (χ4n) is 4.24. The molecule has 1 amide bonds. The number of benzene rings is 2. The minimum Gasteiger partial charge on any atom is -0.445 e. The van der Waals surface area contributed by atoms with E-state index in [0.717, 1.165) is 11.1 Å². The number of ketones is 1. The lowest BCUT2D eigenvalue weighted by Crippen LogP contribution is -2.52. The molecule has 2 unspecified atom stereocenters. The summed E-state index contributed by atoms with van der Waals surface area (Å²) < 4.78 is 33.6. The van der Waals surface area contributed by atoms with Crippen LogP contribution in [-0.4, -0.2) is 43.0 Å². The number of amides is 1. The fourth-order valence-corrected chi connectivity index (χ4v) is 5.91. The monoisotopic (exact) mass is 472 g/mol. The van der Waals surface area contributed by atoms with E-state index >= 15 is 0 Å². The average molecular weight is 473 g/mol. The molecular formula is C25H32N2O5S. The molecule has 3 atom stereocenters. The number of sulfonamides is 1. The third-order valence-corrected chi connectivity index (χ3v) is 7.47. The van der Waals surface area contributed by atoms with Gasteiger partial charge in [0.15, 0.2) is 0 Å². The number of carbonyl (C=O) groups is 2. The van der Waals surface area contributed by atoms with Gasteiger partial charge in [0.2, 0.25) is 10.0 Å². The smallest absolute Gasteiger partial charge is 0.410 e. The molecular weight excluding hydrogens is 440 g/mol. The molecule has 1 aliphatic rings. The molecule has 0 bridgehead atoms. The molecule has 0 aromatic heterocycles. The first-order valence-corrected chi connectivity index (χ1v) is 12.9. The number of ether oxygens (including phenoxy) is 1. The molecule has 1 saturated carbocycles. The van der Waals surface area contributed by atoms with E-state index in [1.165, 1.54) is 4.90 Å². The number of nitrogens with one attached hydrogen (secondary N) is 1. The predicted molar refractivity (Wildman–Crippen MR) is 127 cm³/mol. The summed E-state index contributed by atoms with van der Waals surface area (Å²) >= 11 is 0. The Morgan fingerprint density at radius 2 is 1.64 bits per heavy atom. The van der Waals surface area contributed by atoms with Crippen molar-refractivity contribution < 1.29 is 22.7 Å². The van der Waals surface area contributed by atoms with Gasteiger partial charge in [-0.05, 0) is 24.0 Å². The summed E-state index contributed by atoms with van der Waals surface area (Å²) in [4.78, 5) is 27.3. The molecule has 0 saturated heterocycles. The number of hydrogen-bond acceptors (Lipinski definition) is 5. The lowest BCUT2D eigenvalue weighted by Gasteiger charge is -2.36. The molecule has 0 aliphatic heterocycles. The van der Waals surface area contributed by atoms with Crippen molar-refractivity contribution in [2.45, 2.75) is 58.3 Å². The van der Waals surface area contributed by atoms with Crippen LogP contribution in [0.3, 0.4) is 0 Å². The molecule has 1 N–H and O–H groups in total. The van der Waals surface area contributed by atoms with Crippen LogP contribution in [0.15, 0.2) is 60.7 Å². The molecule has 1 aliphatic carbocycles. The van der Waals surface area contributed by atoms with Crippen LogP contribution in [0.25, 0.3) is 0 Å². The molecule has 3 rings (SSSR count). The van der Waals surface area contributed by atoms with E-state index in [1.807, 2.05) is 81.4 Å². The third-order valence-electron chi connectivity index (χ3n) is 5.71. The van der Waals surface area contributed by atoms with Gasteiger partial charge in [0, 0.05) is 18.9 Å². The summed E-state index contributed by atoms with van der Waals surface area (Å²) in [6, 6.07) is 17.0. The van der Waals surface area contributed by atoms with Gasteiger partial charge < -0.3 is 4.74 Å². The predicted octanol–water partition coefficient (Wildman–Crippen LogP) is 4.06. The number of nitrogens with zero attached hydrogens (tertiary/aromatic N) is 1. The van der Waals surface area contributed by atoms with Crippen LogP contribution in [0.1, 0.15) is 50.8 Å². The largest absolute Gasteiger partial charge is 0.445 e. The highest BCUT2D eigenvalue weighted by Gasteiger charge is 2.43. The topological polar surface area (TPSA) is 92.8 Å². The summed E-state index contributed by atoms with van der Waals surface area (Å²) in [5, 5.41) is 0. The highest BCUT2D eigenvalue weighted by Crippen LogP contribution is 2.31. The highest BCUT2D eigenvalue weighted by atomic mass is 32.2. The quantitative estimate of drug-likeness (QED) is 0.594. The van der Waals surface area contributed by atoms with Crippen molar-refractivity contribution in [2.24, 2.45) is 5.92 Å². The molecule has 2 aromatic rings. The van der Waals surface area contributed by atoms with Gasteiger partial charge >= 0.3 is 6.09 Å². The molecule has 33 heavy (non-hydrogen) atoms. The summed E-state index contributed by atoms with van der Waals surface area (Å²) in [6.07, 6.45) is -0.457. The van der Waals surface area contributed by atoms with Crippen LogP contribution in [0.4, 0.5) is 4.79 Å². The van der Waals surface area contributed by atoms with Crippen LogP contribution < -0.4 is 4.72 Å². The number of hydrogen-bond donors (Lipinski definition) is 1. The van der Waals surface area contributed by atoms with Gasteiger partial charge in [0.25, 0.3) is 0 Å². The van der Waals surface area contributed by atoms with E-state index in [0.29, 0.717) is 0 Å². The standard InChI is InChI=1S/C25H32N2O5S/c1-18(2)17-33(30,31)26-23-14-22(28)15-24(23)27(19(3)21-12-8-5-9-13-21)25(29)32-16-20-10-6-4-7-11-20/h4-13,18-19,23-24,26H,14-17H2,1-3H3/t19-,23?,24?/m1/s1. The molecule has 2 aromatic carbocycles. The molecule has 178 valence electrons. The average Bonchev–Trinajstić information content (AvgIpc) is 3.11. The Hall–Kier alpha value is -2.71. The van der Waals surface area contributed by atoms with Gasteiger partial charge in [0.1, 0.15) is 12.4 Å². The van der Waals surface area contributed by atoms with Crippen molar-refractivity contribution in [3.8, 4) is 0 Å². The minimum absolute atomic E-state index is 0.0445. The lowest BCUT2D eigenvalue weighted by molar-refractivity contribution is -0.117. The Bertz CT molecular complexity index is 1040. The number of Topliss-reactive ketones (excluding diaryl/α,β-unsaturated/α-hetero) is 1. The maximum Gasteiger partial charge on any atom is 0.410 e. The first kappa shape index (κ1) is 24.9. The third kappa shape index (κ3) is 6.88. The van der Waals surface area contributed by atoms with Crippen molar-refractivity contribution in [3.05, 3.63) is 71.8 Å². The summed E-state index contributed by atoms with van der Waals surface area (Å²) in [5.41, 5.74) is 1.71. The number of carbonyl (C=O) groups excluding carboxylic acids is 2. The molecule has 7 nitrogen and oxygen atoms in total. The Labute approximate surface area is 196 Å². The normalized spacial score (nSPS) is 19.5. The van der Waals surface area contributed by atoms with Crippen molar-refractivity contribution >= 4 is 21.9 Å². The first-order chi connectivity index (χ1) is 15.7. The Kier molecular flexibility index (Phi) is 8.26. The van der Waals surface area contributed by atoms with Crippen LogP contribution in [0.5, 0.6) is 0 Å². The maximum absolute atomic E-state index is 13.3. The van der Waals surface area contributed by atoms with Gasteiger partial charge in [-0.3, -0.25) is 9.69 Å². The second-order valence-electron chi connectivity index (χ2n) is 8.95. The van der Waals surface area contributed by atoms with Crippen molar-refractivity contribution in [2.75, 3.05) is 5.75 Å². The lowest BCUT2D eigenvalue weighted by atomic mass is 10.0. The van der Waals surface area contributed by atoms with E-state index in [4.69, 9.17) is 4.74 Å². The second-order valence-corrected chi connectivity index (χ2v) is 10.7. The van der Waals surface area contributed by atoms with Crippen LogP contribution >= 0.6 is 0 Å². The molecule has 0 spiro atoms. The van der Waals surface area contributed by atoms with Crippen molar-refractivity contribution in [3.63, 3.8) is 0 Å². The Morgan fingerprint density at radius 1 is 1.03 bits per heavy atom. The summed E-state index contributed by atoms with van der Waals surface area (Å²) in [5.74, 6) is -0.191. The fraction of sp³-hybridized carbons (Fsp3) is 0.440. The number of rotatable bonds is 9. The first-order valence-electron chi connectivity index (χ1n) is 11.2. The van der Waals surface area contributed by atoms with E-state index in [2.05, 4.69) is 4.72 Å². The highest BCUT2D eigenvalue weighted by molar-refractivity contribution is 7.89. The van der Waals surface area contributed by atoms with Gasteiger partial charge in [-0.2, -0.15) is 0 Å². The zero-order chi connectivity index (χ0) is 24.0. The maximum atomic E-state index is 13.3. The minimum atomic E-state index is -3.61. The summed E-state index contributed by atoms with van der Waals surface area (Å²) in [6.45, 7) is 5.59. The molecule has 0 radical (unpaired) electrons. The molecule has 0 heterocycles. The van der Waals surface area contributed by atoms with Gasteiger partial charge in [-0.1, -0.05) is 74.5 Å². The van der Waals surface area contributed by atoms with Crippen LogP contribution in [-0.2, 0) is 26.2 Å². The van der Waals surface area contributed by atoms with Crippen LogP contribution in [0, 0.1) is 5.92 Å². The second kappa shape index (κ2) is 10.9.